The van der Waals surface area contributed by atoms with Gasteiger partial charge in [0, 0.05) is 65.8 Å². The maximum absolute atomic E-state index is 9.55. The molecule has 17 aromatic carbocycles. The number of nitriles is 2. The predicted molar refractivity (Wildman–Crippen MR) is 458 cm³/mol. The molecule has 0 saturated carbocycles. The molecule has 21 aromatic rings. The fraction of sp³-hybridized carbons (Fsp3) is 0. The lowest BCUT2D eigenvalue weighted by molar-refractivity contribution is 1.18. The van der Waals surface area contributed by atoms with Gasteiger partial charge < -0.3 is 18.3 Å². The first-order valence-electron chi connectivity index (χ1n) is 37.2. The summed E-state index contributed by atoms with van der Waals surface area (Å²) in [4.78, 5) is 0. The van der Waals surface area contributed by atoms with Crippen molar-refractivity contribution in [2.24, 2.45) is 0 Å². The highest BCUT2D eigenvalue weighted by Gasteiger charge is 2.20. The quantitative estimate of drug-likeness (QED) is 0.129. The number of aromatic nitrogens is 4. The van der Waals surface area contributed by atoms with Crippen molar-refractivity contribution in [2.75, 3.05) is 0 Å². The van der Waals surface area contributed by atoms with Crippen LogP contribution in [-0.4, -0.2) is 18.3 Å². The summed E-state index contributed by atoms with van der Waals surface area (Å²) in [5.41, 5.74) is 31.6. The van der Waals surface area contributed by atoms with Crippen molar-refractivity contribution < 1.29 is 0 Å². The highest BCUT2D eigenvalue weighted by Crippen LogP contribution is 2.42. The zero-order valence-corrected chi connectivity index (χ0v) is 59.8. The third-order valence-electron chi connectivity index (χ3n) is 21.9. The van der Waals surface area contributed by atoms with Gasteiger partial charge in [-0.1, -0.05) is 261 Å². The van der Waals surface area contributed by atoms with Crippen molar-refractivity contribution in [1.29, 1.82) is 10.5 Å². The van der Waals surface area contributed by atoms with Crippen LogP contribution in [0.5, 0.6) is 0 Å². The standard InChI is InChI=1S/C55H35N3.C49H31N3/c56-36-37-9-8-12-43(33-37)42-23-29-47(30-24-42)58-53-16-7-5-14-49(53)51-35-45(26-32-55(51)58)41-19-17-40(18-20-41)44-25-31-54-50(34-44)48-13-4-6-15-52(48)57(54)46-27-21-39(22-28-46)38-10-2-1-3-11-38;50-32-33-9-8-12-41(29-33)52-47-16-7-5-14-43(47)45-31-39(24-28-49(45)52)37-19-17-36(18-20-37)38-23-27-48-44(30-38)42-13-4-6-15-46(42)51(48)40-25-21-35(22-26-40)34-10-2-1-3-11-34/h1-35H;1-31H. The number of benzene rings is 17. The van der Waals surface area contributed by atoms with E-state index in [1.54, 1.807) is 0 Å². The summed E-state index contributed by atoms with van der Waals surface area (Å²) in [7, 11) is 0. The molecule has 4 aromatic heterocycles. The van der Waals surface area contributed by atoms with Gasteiger partial charge in [0.2, 0.25) is 0 Å². The van der Waals surface area contributed by atoms with Crippen LogP contribution in [0.4, 0.5) is 0 Å². The molecule has 4 heterocycles. The average molecular weight is 1400 g/mol. The van der Waals surface area contributed by atoms with Gasteiger partial charge in [-0.05, 0) is 217 Å². The Bertz CT molecular complexity index is 7230. The van der Waals surface area contributed by atoms with E-state index < -0.39 is 0 Å². The fourth-order valence-electron chi connectivity index (χ4n) is 16.6. The summed E-state index contributed by atoms with van der Waals surface area (Å²) < 4.78 is 9.36. The molecule has 21 rings (SSSR count). The smallest absolute Gasteiger partial charge is 0.0992 e. The lowest BCUT2D eigenvalue weighted by atomic mass is 9.98. The molecule has 0 bridgehead atoms. The van der Waals surface area contributed by atoms with E-state index in [4.69, 9.17) is 0 Å². The molecule has 0 spiro atoms. The van der Waals surface area contributed by atoms with E-state index in [0.717, 1.165) is 44.9 Å². The zero-order valence-electron chi connectivity index (χ0n) is 59.8. The molecule has 6 heteroatoms. The minimum Gasteiger partial charge on any atom is -0.309 e. The molecule has 0 aliphatic carbocycles. The Hall–Kier alpha value is -15.1. The second-order valence-electron chi connectivity index (χ2n) is 28.2. The van der Waals surface area contributed by atoms with Crippen LogP contribution in [0.25, 0.3) is 188 Å². The first kappa shape index (κ1) is 64.5. The Morgan fingerprint density at radius 2 is 0.364 bits per heavy atom. The molecule has 0 saturated heterocycles. The Morgan fingerprint density at radius 1 is 0.145 bits per heavy atom. The van der Waals surface area contributed by atoms with Gasteiger partial charge in [0.1, 0.15) is 0 Å². The number of hydrogen-bond donors (Lipinski definition) is 0. The van der Waals surface area contributed by atoms with Crippen LogP contribution in [0, 0.1) is 22.7 Å². The summed E-state index contributed by atoms with van der Waals surface area (Å²) in [6.45, 7) is 0. The summed E-state index contributed by atoms with van der Waals surface area (Å²) in [5, 5.41) is 28.8. The average Bonchev–Trinajstić information content (AvgIpc) is 1.61. The van der Waals surface area contributed by atoms with Gasteiger partial charge in [-0.2, -0.15) is 10.5 Å². The van der Waals surface area contributed by atoms with Crippen LogP contribution in [-0.2, 0) is 0 Å². The van der Waals surface area contributed by atoms with Crippen LogP contribution >= 0.6 is 0 Å². The molecular weight excluding hydrogens is 1330 g/mol. The molecule has 0 N–H and O–H groups in total. The van der Waals surface area contributed by atoms with Gasteiger partial charge in [-0.15, -0.1) is 0 Å². The highest BCUT2D eigenvalue weighted by atomic mass is 15.0. The van der Waals surface area contributed by atoms with Crippen molar-refractivity contribution in [3.8, 4) is 113 Å². The molecular formula is C104H66N6. The third kappa shape index (κ3) is 11.4. The van der Waals surface area contributed by atoms with Gasteiger partial charge >= 0.3 is 0 Å². The van der Waals surface area contributed by atoms with E-state index in [0.29, 0.717) is 11.1 Å². The molecule has 0 unspecified atom stereocenters. The lowest BCUT2D eigenvalue weighted by Crippen LogP contribution is -1.94. The van der Waals surface area contributed by atoms with Gasteiger partial charge in [0.15, 0.2) is 0 Å². The van der Waals surface area contributed by atoms with E-state index in [-0.39, 0.29) is 0 Å². The maximum atomic E-state index is 9.55. The van der Waals surface area contributed by atoms with Crippen molar-refractivity contribution >= 4 is 87.2 Å². The second-order valence-corrected chi connectivity index (χ2v) is 28.2. The molecule has 0 radical (unpaired) electrons. The molecule has 6 nitrogen and oxygen atoms in total. The van der Waals surface area contributed by atoms with Gasteiger partial charge in [0.25, 0.3) is 0 Å². The van der Waals surface area contributed by atoms with Gasteiger partial charge in [-0.3, -0.25) is 0 Å². The van der Waals surface area contributed by atoms with Gasteiger partial charge in [-0.25, -0.2) is 0 Å². The number of nitrogens with zero attached hydrogens (tertiary/aromatic N) is 6. The number of para-hydroxylation sites is 4. The topological polar surface area (TPSA) is 67.3 Å². The Labute approximate surface area is 636 Å². The van der Waals surface area contributed by atoms with Crippen LogP contribution in [0.1, 0.15) is 11.1 Å². The molecule has 0 aliphatic rings. The monoisotopic (exact) mass is 1400 g/mol. The van der Waals surface area contributed by atoms with Crippen LogP contribution in [0.2, 0.25) is 0 Å². The number of rotatable bonds is 11. The fourth-order valence-corrected chi connectivity index (χ4v) is 16.6. The van der Waals surface area contributed by atoms with E-state index in [9.17, 15) is 10.5 Å². The SMILES string of the molecule is N#Cc1cccc(-c2ccc(-n3c4ccccc4c4cc(-c5ccc(-c6ccc7c(c6)c6ccccc6n7-c6ccc(-c7ccccc7)cc6)cc5)ccc43)cc2)c1.N#Cc1cccc(-n2c3ccccc3c3cc(-c4ccc(-c5ccc6c(c5)c5ccccc5n6-c5ccc(-c6ccccc6)cc5)cc4)ccc32)c1. The van der Waals surface area contributed by atoms with Crippen molar-refractivity contribution in [3.63, 3.8) is 0 Å². The Kier molecular flexibility index (Phi) is 15.9. The summed E-state index contributed by atoms with van der Waals surface area (Å²) in [5.74, 6) is 0. The van der Waals surface area contributed by atoms with Crippen molar-refractivity contribution in [3.05, 3.63) is 412 Å². The van der Waals surface area contributed by atoms with E-state index in [2.05, 4.69) is 394 Å². The Morgan fingerprint density at radius 3 is 0.682 bits per heavy atom. The highest BCUT2D eigenvalue weighted by molar-refractivity contribution is 6.14. The van der Waals surface area contributed by atoms with Crippen LogP contribution in [0.15, 0.2) is 400 Å². The minimum absolute atomic E-state index is 0.652. The predicted octanol–water partition coefficient (Wildman–Crippen LogP) is 27.2. The van der Waals surface area contributed by atoms with E-state index in [1.807, 2.05) is 36.4 Å². The number of hydrogen-bond acceptors (Lipinski definition) is 2. The van der Waals surface area contributed by atoms with Crippen molar-refractivity contribution in [2.45, 2.75) is 0 Å². The molecule has 512 valence electrons. The Balaban J connectivity index is 0.000000145. The molecule has 0 aliphatic heterocycles. The lowest BCUT2D eigenvalue weighted by Gasteiger charge is -2.11. The second kappa shape index (κ2) is 27.1. The summed E-state index contributed by atoms with van der Waals surface area (Å²) in [6.07, 6.45) is 0. The normalized spacial score (nSPS) is 11.4. The van der Waals surface area contributed by atoms with Crippen LogP contribution in [0.3, 0.4) is 0 Å². The third-order valence-corrected chi connectivity index (χ3v) is 21.9. The molecule has 110 heavy (non-hydrogen) atoms. The first-order valence-corrected chi connectivity index (χ1v) is 37.2. The van der Waals surface area contributed by atoms with Crippen LogP contribution < -0.4 is 0 Å². The maximum Gasteiger partial charge on any atom is 0.0992 e. The molecule has 0 atom stereocenters. The van der Waals surface area contributed by atoms with Gasteiger partial charge in [0.05, 0.1) is 67.4 Å². The van der Waals surface area contributed by atoms with E-state index >= 15 is 0 Å². The zero-order chi connectivity index (χ0) is 73.2. The number of fused-ring (bicyclic) bond motifs is 12. The van der Waals surface area contributed by atoms with Crippen molar-refractivity contribution in [1.82, 2.24) is 18.3 Å². The molecule has 0 amide bonds. The molecule has 0 fully saturated rings. The summed E-state index contributed by atoms with van der Waals surface area (Å²) >= 11 is 0. The largest absolute Gasteiger partial charge is 0.309 e. The van der Waals surface area contributed by atoms with E-state index in [1.165, 1.54) is 143 Å². The first-order chi connectivity index (χ1) is 54.4. The minimum atomic E-state index is 0.652. The summed E-state index contributed by atoms with van der Waals surface area (Å²) in [6, 6.07) is 147.